The Hall–Kier alpha value is -3.38. The average Bonchev–Trinajstić information content (AvgIpc) is 2.79. The van der Waals surface area contributed by atoms with E-state index >= 15 is 0 Å². The Morgan fingerprint density at radius 3 is 2.53 bits per heavy atom. The van der Waals surface area contributed by atoms with E-state index in [1.807, 2.05) is 53.4 Å². The number of halogens is 1. The first kappa shape index (κ1) is 18.6. The molecule has 30 heavy (non-hydrogen) atoms. The second kappa shape index (κ2) is 7.46. The number of hydrogen-bond donors (Lipinski definition) is 1. The van der Waals surface area contributed by atoms with Crippen LogP contribution in [0.5, 0.6) is 11.5 Å². The van der Waals surface area contributed by atoms with Crippen LogP contribution in [-0.4, -0.2) is 12.1 Å². The Labute approximate surface area is 179 Å². The van der Waals surface area contributed by atoms with Crippen LogP contribution in [-0.2, 0) is 6.42 Å². The Balaban J connectivity index is 1.67. The number of thiocarbonyl (C=S) groups is 1. The molecule has 0 amide bonds. The van der Waals surface area contributed by atoms with Gasteiger partial charge in [0.15, 0.2) is 11.5 Å². The number of anilines is 1. The van der Waals surface area contributed by atoms with Crippen LogP contribution in [0.2, 0.25) is 0 Å². The summed E-state index contributed by atoms with van der Waals surface area (Å²) in [6, 6.07) is 22.2. The van der Waals surface area contributed by atoms with Gasteiger partial charge in [0.1, 0.15) is 17.0 Å². The molecule has 0 unspecified atom stereocenters. The minimum Gasteiger partial charge on any atom is -0.493 e. The summed E-state index contributed by atoms with van der Waals surface area (Å²) in [5.41, 5.74) is 3.72. The van der Waals surface area contributed by atoms with Crippen molar-refractivity contribution in [1.82, 2.24) is 5.32 Å². The van der Waals surface area contributed by atoms with E-state index in [1.165, 1.54) is 12.1 Å². The van der Waals surface area contributed by atoms with Gasteiger partial charge in [-0.3, -0.25) is 4.90 Å². The molecular weight excluding hydrogens is 399 g/mol. The van der Waals surface area contributed by atoms with Gasteiger partial charge in [0.25, 0.3) is 0 Å². The van der Waals surface area contributed by atoms with Gasteiger partial charge in [-0.2, -0.15) is 0 Å². The predicted octanol–water partition coefficient (Wildman–Crippen LogP) is 5.12. The number of hydrogen-bond acceptors (Lipinski definition) is 4. The van der Waals surface area contributed by atoms with E-state index in [2.05, 4.69) is 5.32 Å². The normalized spacial score (nSPS) is 17.6. The quantitative estimate of drug-likeness (QED) is 0.598. The molecule has 3 aromatic carbocycles. The molecule has 0 fully saturated rings. The third-order valence-electron chi connectivity index (χ3n) is 5.34. The first-order chi connectivity index (χ1) is 14.7. The smallest absolute Gasteiger partial charge is 0.209 e. The number of rotatable bonds is 3. The second-order valence-corrected chi connectivity index (χ2v) is 7.55. The highest BCUT2D eigenvalue weighted by Crippen LogP contribution is 2.43. The Morgan fingerprint density at radius 1 is 1.03 bits per heavy atom. The highest BCUT2D eigenvalue weighted by Gasteiger charge is 2.38. The fourth-order valence-electron chi connectivity index (χ4n) is 3.90. The van der Waals surface area contributed by atoms with Gasteiger partial charge in [-0.1, -0.05) is 54.7 Å². The topological polar surface area (TPSA) is 33.7 Å². The number of benzene rings is 3. The maximum atomic E-state index is 13.7. The van der Waals surface area contributed by atoms with Crippen molar-refractivity contribution in [3.8, 4) is 11.5 Å². The zero-order chi connectivity index (χ0) is 20.7. The van der Waals surface area contributed by atoms with Gasteiger partial charge in [-0.15, -0.1) is 0 Å². The first-order valence-corrected chi connectivity index (χ1v) is 10.0. The second-order valence-electron chi connectivity index (χ2n) is 7.14. The summed E-state index contributed by atoms with van der Waals surface area (Å²) in [4.78, 5) is 2.67. The molecule has 0 radical (unpaired) electrons. The number of para-hydroxylation sites is 1. The molecule has 1 N–H and O–H groups in total. The molecule has 2 aliphatic heterocycles. The van der Waals surface area contributed by atoms with E-state index < -0.39 is 0 Å². The maximum absolute atomic E-state index is 13.7. The van der Waals surface area contributed by atoms with Crippen molar-refractivity contribution < 1.29 is 13.9 Å². The van der Waals surface area contributed by atoms with E-state index in [1.54, 1.807) is 19.2 Å². The number of methoxy groups -OCH3 is 1. The number of nitrogens with zero attached hydrogens (tertiary/aromatic N) is 1. The summed E-state index contributed by atoms with van der Waals surface area (Å²) >= 11 is 5.73. The summed E-state index contributed by atoms with van der Waals surface area (Å²) < 4.78 is 25.6. The van der Waals surface area contributed by atoms with Crippen molar-refractivity contribution in [3.05, 3.63) is 101 Å². The fraction of sp³-hybridized carbons (Fsp3) is 0.125. The molecule has 0 aliphatic carbocycles. The zero-order valence-corrected chi connectivity index (χ0v) is 17.1. The molecule has 0 saturated carbocycles. The molecule has 150 valence electrons. The van der Waals surface area contributed by atoms with E-state index in [9.17, 15) is 4.39 Å². The molecule has 0 saturated heterocycles. The number of ether oxygens (including phenoxy) is 2. The van der Waals surface area contributed by atoms with Crippen molar-refractivity contribution in [3.63, 3.8) is 0 Å². The Kier molecular flexibility index (Phi) is 4.64. The molecule has 3 aromatic rings. The van der Waals surface area contributed by atoms with Crippen molar-refractivity contribution in [2.75, 3.05) is 12.0 Å². The van der Waals surface area contributed by atoms with Crippen LogP contribution in [0.1, 0.15) is 17.3 Å². The summed E-state index contributed by atoms with van der Waals surface area (Å²) in [6.07, 6.45) is 0.326. The van der Waals surface area contributed by atoms with Gasteiger partial charge >= 0.3 is 0 Å². The first-order valence-electron chi connectivity index (χ1n) is 9.63. The van der Waals surface area contributed by atoms with Gasteiger partial charge in [0.05, 0.1) is 12.7 Å². The summed E-state index contributed by atoms with van der Waals surface area (Å²) in [7, 11) is 1.63. The molecule has 0 spiro atoms. The van der Waals surface area contributed by atoms with Crippen LogP contribution in [0.15, 0.2) is 84.3 Å². The lowest BCUT2D eigenvalue weighted by atomic mass is 9.98. The average molecular weight is 418 g/mol. The van der Waals surface area contributed by atoms with Crippen LogP contribution in [0, 0.1) is 5.82 Å². The highest BCUT2D eigenvalue weighted by molar-refractivity contribution is 7.80. The number of nitrogens with one attached hydrogen (secondary N) is 1. The minimum absolute atomic E-state index is 0.290. The molecule has 0 aromatic heterocycles. The van der Waals surface area contributed by atoms with E-state index in [0.29, 0.717) is 28.8 Å². The molecule has 1 atom stereocenters. The summed E-state index contributed by atoms with van der Waals surface area (Å²) in [5.74, 6) is 1.69. The van der Waals surface area contributed by atoms with Crippen LogP contribution >= 0.6 is 12.2 Å². The number of fused-ring (bicyclic) bond motifs is 1. The van der Waals surface area contributed by atoms with Gasteiger partial charge in [-0.25, -0.2) is 4.39 Å². The van der Waals surface area contributed by atoms with Gasteiger partial charge in [0, 0.05) is 17.7 Å². The molecule has 6 heteroatoms. The predicted molar refractivity (Wildman–Crippen MR) is 118 cm³/mol. The fourth-order valence-corrected chi connectivity index (χ4v) is 4.17. The Morgan fingerprint density at radius 2 is 1.80 bits per heavy atom. The lowest BCUT2D eigenvalue weighted by Gasteiger charge is -2.43. The molecular formula is C24H19FN2O2S. The summed E-state index contributed by atoms with van der Waals surface area (Å²) in [6.45, 7) is 0. The van der Waals surface area contributed by atoms with Gasteiger partial charge in [0.2, 0.25) is 5.88 Å². The van der Waals surface area contributed by atoms with Crippen LogP contribution in [0.25, 0.3) is 0 Å². The molecule has 5 rings (SSSR count). The maximum Gasteiger partial charge on any atom is 0.209 e. The van der Waals surface area contributed by atoms with Crippen molar-refractivity contribution in [1.29, 1.82) is 0 Å². The third kappa shape index (κ3) is 3.09. The van der Waals surface area contributed by atoms with Crippen molar-refractivity contribution >= 4 is 22.9 Å². The lowest BCUT2D eigenvalue weighted by Crippen LogP contribution is -2.49. The third-order valence-corrected chi connectivity index (χ3v) is 5.71. The monoisotopic (exact) mass is 418 g/mol. The van der Waals surface area contributed by atoms with Crippen molar-refractivity contribution in [2.24, 2.45) is 0 Å². The molecule has 4 nitrogen and oxygen atoms in total. The van der Waals surface area contributed by atoms with E-state index in [0.717, 1.165) is 22.4 Å². The molecule has 0 bridgehead atoms. The van der Waals surface area contributed by atoms with Crippen LogP contribution in [0.3, 0.4) is 0 Å². The van der Waals surface area contributed by atoms with E-state index in [-0.39, 0.29) is 12.0 Å². The van der Waals surface area contributed by atoms with Gasteiger partial charge < -0.3 is 14.8 Å². The minimum atomic E-state index is -0.292. The largest absolute Gasteiger partial charge is 0.493 e. The molecule has 2 heterocycles. The van der Waals surface area contributed by atoms with Crippen LogP contribution in [0.4, 0.5) is 10.1 Å². The highest BCUT2D eigenvalue weighted by atomic mass is 32.1. The molecule has 2 aliphatic rings. The lowest BCUT2D eigenvalue weighted by molar-refractivity contribution is 0.327. The summed E-state index contributed by atoms with van der Waals surface area (Å²) in [5, 5.41) is 3.45. The van der Waals surface area contributed by atoms with Crippen LogP contribution < -0.4 is 19.7 Å². The standard InChI is InChI=1S/C24H19FN2O2S/c1-28-20-9-5-8-16-14-19-23(30)26-22(15-6-3-2-4-7-15)27(24(19)29-21(16)20)18-12-10-17(25)11-13-18/h2-13,22H,14H2,1H3,(H,26,30)/t22-/m0/s1. The van der Waals surface area contributed by atoms with E-state index in [4.69, 9.17) is 21.7 Å². The van der Waals surface area contributed by atoms with Crippen molar-refractivity contribution in [2.45, 2.75) is 12.6 Å². The SMILES string of the molecule is COc1cccc2c1OC1=C(C2)C(=S)N[C@H](c2ccccc2)N1c1ccc(F)cc1. The Bertz CT molecular complexity index is 1150. The zero-order valence-electron chi connectivity index (χ0n) is 16.3. The van der Waals surface area contributed by atoms with Gasteiger partial charge in [-0.05, 0) is 35.9 Å².